The van der Waals surface area contributed by atoms with Gasteiger partial charge in [-0.2, -0.15) is 5.10 Å². The molecule has 78 valence electrons. The molecule has 15 heavy (non-hydrogen) atoms. The molecule has 1 aromatic carbocycles. The number of benzene rings is 1. The van der Waals surface area contributed by atoms with Crippen molar-refractivity contribution in [3.63, 3.8) is 0 Å². The first-order valence-electron chi connectivity index (χ1n) is 5.09. The van der Waals surface area contributed by atoms with Gasteiger partial charge in [0.1, 0.15) is 0 Å². The zero-order valence-electron chi connectivity index (χ0n) is 8.83. The average molecular weight is 201 g/mol. The van der Waals surface area contributed by atoms with E-state index >= 15 is 0 Å². The Morgan fingerprint density at radius 1 is 1.27 bits per heavy atom. The number of hydrogen-bond acceptors (Lipinski definition) is 2. The number of aryl methyl sites for hydroxylation is 3. The lowest BCUT2D eigenvalue weighted by molar-refractivity contribution is 0.889. The predicted molar refractivity (Wildman–Crippen MR) is 61.6 cm³/mol. The van der Waals surface area contributed by atoms with Gasteiger partial charge in [0.25, 0.3) is 0 Å². The maximum atomic E-state index is 5.75. The van der Waals surface area contributed by atoms with Gasteiger partial charge in [0.2, 0.25) is 0 Å². The highest BCUT2D eigenvalue weighted by atomic mass is 15.1. The number of hydrogen-bond donors (Lipinski definition) is 2. The van der Waals surface area contributed by atoms with Gasteiger partial charge in [0.05, 0.1) is 17.6 Å². The van der Waals surface area contributed by atoms with Crippen LogP contribution in [-0.4, -0.2) is 10.2 Å². The number of rotatable bonds is 3. The van der Waals surface area contributed by atoms with Gasteiger partial charge in [0, 0.05) is 0 Å². The molecule has 3 N–H and O–H groups in total. The molecule has 0 radical (unpaired) electrons. The molecule has 0 saturated carbocycles. The first-order valence-corrected chi connectivity index (χ1v) is 5.09. The molecule has 0 aliphatic rings. The Morgan fingerprint density at radius 3 is 2.73 bits per heavy atom. The average Bonchev–Trinajstić information content (AvgIpc) is 2.63. The van der Waals surface area contributed by atoms with Gasteiger partial charge >= 0.3 is 0 Å². The highest BCUT2D eigenvalue weighted by Gasteiger charge is 2.02. The maximum absolute atomic E-state index is 5.75. The van der Waals surface area contributed by atoms with Gasteiger partial charge in [-0.05, 0) is 30.9 Å². The molecule has 0 amide bonds. The van der Waals surface area contributed by atoms with Gasteiger partial charge in [-0.15, -0.1) is 0 Å². The topological polar surface area (TPSA) is 54.7 Å². The van der Waals surface area contributed by atoms with Gasteiger partial charge in [-0.25, -0.2) is 0 Å². The molecule has 2 rings (SSSR count). The molecule has 0 saturated heterocycles. The molecule has 1 heterocycles. The Kier molecular flexibility index (Phi) is 2.72. The molecule has 3 nitrogen and oxygen atoms in total. The SMILES string of the molecule is Cc1ccccc1CCc1[nH]ncc1N. The number of aromatic nitrogens is 2. The standard InChI is InChI=1S/C12H15N3/c1-9-4-2-3-5-10(9)6-7-12-11(13)8-14-15-12/h2-5,8H,6-7,13H2,1H3,(H,14,15). The third-order valence-corrected chi connectivity index (χ3v) is 2.66. The van der Waals surface area contributed by atoms with Crippen LogP contribution in [0.1, 0.15) is 16.8 Å². The number of nitrogens with two attached hydrogens (primary N) is 1. The summed E-state index contributed by atoms with van der Waals surface area (Å²) < 4.78 is 0. The third kappa shape index (κ3) is 2.18. The summed E-state index contributed by atoms with van der Waals surface area (Å²) in [6, 6.07) is 8.41. The molecule has 0 atom stereocenters. The summed E-state index contributed by atoms with van der Waals surface area (Å²) in [4.78, 5) is 0. The summed E-state index contributed by atoms with van der Waals surface area (Å²) in [5.41, 5.74) is 10.2. The number of anilines is 1. The van der Waals surface area contributed by atoms with E-state index in [-0.39, 0.29) is 0 Å². The molecule has 1 aromatic heterocycles. The van der Waals surface area contributed by atoms with Crippen LogP contribution < -0.4 is 5.73 Å². The highest BCUT2D eigenvalue weighted by Crippen LogP contribution is 2.13. The summed E-state index contributed by atoms with van der Waals surface area (Å²) >= 11 is 0. The maximum Gasteiger partial charge on any atom is 0.0730 e. The number of nitrogens with one attached hydrogen (secondary N) is 1. The van der Waals surface area contributed by atoms with Crippen LogP contribution in [0, 0.1) is 6.92 Å². The Hall–Kier alpha value is -1.77. The predicted octanol–water partition coefficient (Wildman–Crippen LogP) is 2.09. The van der Waals surface area contributed by atoms with Crippen LogP contribution in [0.3, 0.4) is 0 Å². The first kappa shape index (κ1) is 9.77. The summed E-state index contributed by atoms with van der Waals surface area (Å²) in [5.74, 6) is 0. The fourth-order valence-corrected chi connectivity index (χ4v) is 1.67. The van der Waals surface area contributed by atoms with Gasteiger partial charge in [-0.3, -0.25) is 5.10 Å². The lowest BCUT2D eigenvalue weighted by Gasteiger charge is -2.04. The molecular formula is C12H15N3. The highest BCUT2D eigenvalue weighted by molar-refractivity contribution is 5.40. The second kappa shape index (κ2) is 4.17. The van der Waals surface area contributed by atoms with Crippen molar-refractivity contribution in [1.82, 2.24) is 10.2 Å². The van der Waals surface area contributed by atoms with E-state index < -0.39 is 0 Å². The van der Waals surface area contributed by atoms with E-state index in [0.717, 1.165) is 24.2 Å². The van der Waals surface area contributed by atoms with E-state index in [0.29, 0.717) is 0 Å². The third-order valence-electron chi connectivity index (χ3n) is 2.66. The van der Waals surface area contributed by atoms with Crippen molar-refractivity contribution in [3.05, 3.63) is 47.3 Å². The number of nitrogens with zero attached hydrogens (tertiary/aromatic N) is 1. The molecule has 0 spiro atoms. The molecule has 0 fully saturated rings. The Labute approximate surface area is 89.3 Å². The number of aromatic amines is 1. The van der Waals surface area contributed by atoms with Crippen LogP contribution in [0.4, 0.5) is 5.69 Å². The fraction of sp³-hybridized carbons (Fsp3) is 0.250. The van der Waals surface area contributed by atoms with Crippen molar-refractivity contribution in [2.24, 2.45) is 0 Å². The zero-order chi connectivity index (χ0) is 10.7. The molecule has 3 heteroatoms. The normalized spacial score (nSPS) is 10.5. The van der Waals surface area contributed by atoms with E-state index in [1.165, 1.54) is 11.1 Å². The molecule has 2 aromatic rings. The summed E-state index contributed by atoms with van der Waals surface area (Å²) in [5, 5.41) is 6.83. The van der Waals surface area contributed by atoms with Crippen LogP contribution in [0.5, 0.6) is 0 Å². The second-order valence-corrected chi connectivity index (χ2v) is 3.73. The van der Waals surface area contributed by atoms with Crippen molar-refractivity contribution in [2.45, 2.75) is 19.8 Å². The summed E-state index contributed by atoms with van der Waals surface area (Å²) in [6.45, 7) is 2.13. The largest absolute Gasteiger partial charge is 0.396 e. The molecule has 0 aliphatic carbocycles. The van der Waals surface area contributed by atoms with Crippen LogP contribution in [-0.2, 0) is 12.8 Å². The van der Waals surface area contributed by atoms with Crippen LogP contribution >= 0.6 is 0 Å². The molecular weight excluding hydrogens is 186 g/mol. The fourth-order valence-electron chi connectivity index (χ4n) is 1.67. The minimum atomic E-state index is 0.753. The van der Waals surface area contributed by atoms with E-state index in [2.05, 4.69) is 41.4 Å². The van der Waals surface area contributed by atoms with Gasteiger partial charge < -0.3 is 5.73 Å². The Balaban J connectivity index is 2.06. The number of nitrogen functional groups attached to an aromatic ring is 1. The summed E-state index contributed by atoms with van der Waals surface area (Å²) in [6.07, 6.45) is 3.57. The smallest absolute Gasteiger partial charge is 0.0730 e. The minimum absolute atomic E-state index is 0.753. The minimum Gasteiger partial charge on any atom is -0.396 e. The van der Waals surface area contributed by atoms with Crippen molar-refractivity contribution in [1.29, 1.82) is 0 Å². The van der Waals surface area contributed by atoms with Gasteiger partial charge in [0.15, 0.2) is 0 Å². The second-order valence-electron chi connectivity index (χ2n) is 3.73. The Bertz CT molecular complexity index is 446. The van der Waals surface area contributed by atoms with Crippen LogP contribution in [0.2, 0.25) is 0 Å². The molecule has 0 bridgehead atoms. The van der Waals surface area contributed by atoms with Crippen molar-refractivity contribution >= 4 is 5.69 Å². The van der Waals surface area contributed by atoms with Crippen LogP contribution in [0.25, 0.3) is 0 Å². The molecule has 0 unspecified atom stereocenters. The summed E-state index contributed by atoms with van der Waals surface area (Å²) in [7, 11) is 0. The van der Waals surface area contributed by atoms with E-state index in [1.807, 2.05) is 0 Å². The van der Waals surface area contributed by atoms with Crippen molar-refractivity contribution in [3.8, 4) is 0 Å². The Morgan fingerprint density at radius 2 is 2.07 bits per heavy atom. The lowest BCUT2D eigenvalue weighted by atomic mass is 10.0. The van der Waals surface area contributed by atoms with E-state index in [4.69, 9.17) is 5.73 Å². The van der Waals surface area contributed by atoms with E-state index in [1.54, 1.807) is 6.20 Å². The van der Waals surface area contributed by atoms with Crippen molar-refractivity contribution < 1.29 is 0 Å². The molecule has 0 aliphatic heterocycles. The number of H-pyrrole nitrogens is 1. The lowest BCUT2D eigenvalue weighted by Crippen LogP contribution is -1.97. The van der Waals surface area contributed by atoms with Crippen LogP contribution in [0.15, 0.2) is 30.5 Å². The van der Waals surface area contributed by atoms with E-state index in [9.17, 15) is 0 Å². The monoisotopic (exact) mass is 201 g/mol. The van der Waals surface area contributed by atoms with Crippen molar-refractivity contribution in [2.75, 3.05) is 5.73 Å². The zero-order valence-corrected chi connectivity index (χ0v) is 8.83. The quantitative estimate of drug-likeness (QED) is 0.798. The first-order chi connectivity index (χ1) is 7.27. The van der Waals surface area contributed by atoms with Gasteiger partial charge in [-0.1, -0.05) is 24.3 Å².